The number of aliphatic imine (C=N–C) groups is 1. The lowest BCUT2D eigenvalue weighted by atomic mass is 9.97. The zero-order valence-electron chi connectivity index (χ0n) is 19.0. The molecule has 2 aromatic rings. The van der Waals surface area contributed by atoms with Crippen molar-refractivity contribution in [1.29, 1.82) is 0 Å². The van der Waals surface area contributed by atoms with E-state index in [0.717, 1.165) is 49.5 Å². The molecule has 3 aliphatic heterocycles. The van der Waals surface area contributed by atoms with Crippen molar-refractivity contribution >= 4 is 32.9 Å². The van der Waals surface area contributed by atoms with Crippen molar-refractivity contribution in [3.8, 4) is 0 Å². The van der Waals surface area contributed by atoms with Gasteiger partial charge in [-0.2, -0.15) is 0 Å². The second kappa shape index (κ2) is 8.72. The zero-order chi connectivity index (χ0) is 23.0. The van der Waals surface area contributed by atoms with E-state index in [0.29, 0.717) is 16.8 Å². The molecule has 1 fully saturated rings. The third kappa shape index (κ3) is 4.69. The fourth-order valence-corrected chi connectivity index (χ4v) is 5.17. The molecule has 2 aromatic carbocycles. The van der Waals surface area contributed by atoms with Gasteiger partial charge in [0.2, 0.25) is 5.96 Å². The summed E-state index contributed by atoms with van der Waals surface area (Å²) in [5, 5.41) is 8.85. The van der Waals surface area contributed by atoms with Crippen LogP contribution in [0.15, 0.2) is 64.5 Å². The quantitative estimate of drug-likeness (QED) is 0.638. The van der Waals surface area contributed by atoms with Crippen LogP contribution in [0.25, 0.3) is 5.70 Å². The monoisotopic (exact) mass is 466 g/mol. The summed E-state index contributed by atoms with van der Waals surface area (Å²) in [4.78, 5) is 7.58. The van der Waals surface area contributed by atoms with Crippen molar-refractivity contribution in [2.75, 3.05) is 42.7 Å². The number of nitrogens with one attached hydrogen (secondary N) is 3. The number of fused-ring (bicyclic) bond motifs is 1. The van der Waals surface area contributed by atoms with Crippen LogP contribution in [-0.2, 0) is 9.84 Å². The minimum atomic E-state index is -3.22. The standard InChI is InChI=1S/C24H30N6O2S/c1-17-15-22(18-3-9-21(10-4-18)33(2,31)32)30-23(16-17)27-24(28-30)26-19-5-7-20(8-6-19)29-13-11-25-12-14-29/h3-10,15,17,23,25H,11-14,16H2,1-2H3,(H2,26,27,28). The maximum Gasteiger partial charge on any atom is 0.217 e. The highest BCUT2D eigenvalue weighted by Crippen LogP contribution is 2.33. The molecule has 9 heteroatoms. The van der Waals surface area contributed by atoms with Gasteiger partial charge in [-0.25, -0.2) is 13.4 Å². The number of anilines is 2. The molecule has 0 spiro atoms. The summed E-state index contributed by atoms with van der Waals surface area (Å²) >= 11 is 0. The number of piperazine rings is 1. The van der Waals surface area contributed by atoms with Crippen LogP contribution in [0.5, 0.6) is 0 Å². The van der Waals surface area contributed by atoms with Crippen molar-refractivity contribution in [3.05, 3.63) is 60.2 Å². The second-order valence-corrected chi connectivity index (χ2v) is 10.9. The molecule has 3 heterocycles. The molecule has 0 radical (unpaired) electrons. The van der Waals surface area contributed by atoms with Gasteiger partial charge in [-0.05, 0) is 54.3 Å². The first-order chi connectivity index (χ1) is 15.9. The van der Waals surface area contributed by atoms with Gasteiger partial charge in [0.1, 0.15) is 6.17 Å². The van der Waals surface area contributed by atoms with Crippen molar-refractivity contribution in [2.24, 2.45) is 10.9 Å². The van der Waals surface area contributed by atoms with E-state index < -0.39 is 9.84 Å². The van der Waals surface area contributed by atoms with Gasteiger partial charge in [-0.3, -0.25) is 10.4 Å². The van der Waals surface area contributed by atoms with Gasteiger partial charge in [0.15, 0.2) is 9.84 Å². The summed E-state index contributed by atoms with van der Waals surface area (Å²) in [6.07, 6.45) is 4.33. The van der Waals surface area contributed by atoms with Crippen molar-refractivity contribution < 1.29 is 8.42 Å². The third-order valence-electron chi connectivity index (χ3n) is 6.28. The molecule has 0 bridgehead atoms. The van der Waals surface area contributed by atoms with E-state index in [1.165, 1.54) is 11.9 Å². The van der Waals surface area contributed by atoms with E-state index in [4.69, 9.17) is 4.99 Å². The van der Waals surface area contributed by atoms with Gasteiger partial charge in [0, 0.05) is 43.8 Å². The molecular formula is C24H30N6O2S. The maximum atomic E-state index is 11.8. The Kier molecular flexibility index (Phi) is 5.76. The van der Waals surface area contributed by atoms with Gasteiger partial charge >= 0.3 is 0 Å². The Morgan fingerprint density at radius 3 is 2.39 bits per heavy atom. The minimum absolute atomic E-state index is 0.0165. The Morgan fingerprint density at radius 2 is 1.73 bits per heavy atom. The molecule has 0 amide bonds. The van der Waals surface area contributed by atoms with Crippen LogP contribution < -0.4 is 21.0 Å². The van der Waals surface area contributed by atoms with Gasteiger partial charge in [-0.1, -0.05) is 25.1 Å². The third-order valence-corrected chi connectivity index (χ3v) is 7.41. The SMILES string of the molecule is CC1C=C(c2ccc(S(C)(=O)=O)cc2)N2NC(Nc3ccc(N4CCNCC4)cc3)=NC2C1. The summed E-state index contributed by atoms with van der Waals surface area (Å²) in [5.41, 5.74) is 7.59. The van der Waals surface area contributed by atoms with Crippen LogP contribution >= 0.6 is 0 Å². The Balaban J connectivity index is 1.29. The molecule has 33 heavy (non-hydrogen) atoms. The summed E-state index contributed by atoms with van der Waals surface area (Å²) in [6.45, 7) is 6.26. The normalized spacial score (nSPS) is 22.8. The molecule has 2 unspecified atom stereocenters. The molecule has 2 atom stereocenters. The van der Waals surface area contributed by atoms with Crippen LogP contribution in [0.1, 0.15) is 18.9 Å². The molecule has 0 saturated carbocycles. The Hall–Kier alpha value is -3.04. The largest absolute Gasteiger partial charge is 0.369 e. The van der Waals surface area contributed by atoms with Gasteiger partial charge in [-0.15, -0.1) is 0 Å². The number of hydrogen-bond acceptors (Lipinski definition) is 8. The number of benzene rings is 2. The van der Waals surface area contributed by atoms with Gasteiger partial charge in [0.25, 0.3) is 0 Å². The lowest BCUT2D eigenvalue weighted by Crippen LogP contribution is -2.44. The topological polar surface area (TPSA) is 89.1 Å². The number of rotatable bonds is 4. The van der Waals surface area contributed by atoms with Crippen molar-refractivity contribution in [3.63, 3.8) is 0 Å². The smallest absolute Gasteiger partial charge is 0.217 e. The highest BCUT2D eigenvalue weighted by Gasteiger charge is 2.33. The lowest BCUT2D eigenvalue weighted by molar-refractivity contribution is 0.248. The first-order valence-corrected chi connectivity index (χ1v) is 13.2. The fraction of sp³-hybridized carbons (Fsp3) is 0.375. The molecule has 8 nitrogen and oxygen atoms in total. The molecular weight excluding hydrogens is 436 g/mol. The van der Waals surface area contributed by atoms with E-state index in [1.807, 2.05) is 12.1 Å². The van der Waals surface area contributed by atoms with E-state index in [-0.39, 0.29) is 6.17 Å². The first-order valence-electron chi connectivity index (χ1n) is 11.4. The molecule has 5 rings (SSSR count). The van der Waals surface area contributed by atoms with Crippen LogP contribution in [-0.4, -0.2) is 58.0 Å². The summed E-state index contributed by atoms with van der Waals surface area (Å²) in [6, 6.07) is 15.5. The molecule has 3 aliphatic rings. The number of guanidine groups is 1. The Morgan fingerprint density at radius 1 is 1.03 bits per heavy atom. The van der Waals surface area contributed by atoms with Crippen molar-refractivity contribution in [2.45, 2.75) is 24.4 Å². The van der Waals surface area contributed by atoms with Crippen molar-refractivity contribution in [1.82, 2.24) is 15.8 Å². The van der Waals surface area contributed by atoms with Crippen LogP contribution in [0.2, 0.25) is 0 Å². The minimum Gasteiger partial charge on any atom is -0.369 e. The van der Waals surface area contributed by atoms with E-state index in [9.17, 15) is 8.42 Å². The highest BCUT2D eigenvalue weighted by atomic mass is 32.2. The summed E-state index contributed by atoms with van der Waals surface area (Å²) < 4.78 is 23.6. The van der Waals surface area contributed by atoms with E-state index >= 15 is 0 Å². The molecule has 1 saturated heterocycles. The number of hydrogen-bond donors (Lipinski definition) is 3. The zero-order valence-corrected chi connectivity index (χ0v) is 19.8. The van der Waals surface area contributed by atoms with Gasteiger partial charge < -0.3 is 15.5 Å². The Labute approximate surface area is 195 Å². The summed E-state index contributed by atoms with van der Waals surface area (Å²) in [7, 11) is -3.22. The molecule has 0 aliphatic carbocycles. The number of allylic oxidation sites excluding steroid dienone is 1. The number of sulfone groups is 1. The van der Waals surface area contributed by atoms with Crippen LogP contribution in [0, 0.1) is 5.92 Å². The number of nitrogens with zero attached hydrogens (tertiary/aromatic N) is 3. The Bertz CT molecular complexity index is 1170. The van der Waals surface area contributed by atoms with Crippen LogP contribution in [0.3, 0.4) is 0 Å². The molecule has 174 valence electrons. The van der Waals surface area contributed by atoms with Crippen LogP contribution in [0.4, 0.5) is 11.4 Å². The molecule has 0 aromatic heterocycles. The van der Waals surface area contributed by atoms with Gasteiger partial charge in [0.05, 0.1) is 10.6 Å². The highest BCUT2D eigenvalue weighted by molar-refractivity contribution is 7.90. The predicted molar refractivity (Wildman–Crippen MR) is 133 cm³/mol. The predicted octanol–water partition coefficient (Wildman–Crippen LogP) is 2.49. The average molecular weight is 467 g/mol. The number of hydrazine groups is 1. The fourth-order valence-electron chi connectivity index (χ4n) is 4.54. The summed E-state index contributed by atoms with van der Waals surface area (Å²) in [5.74, 6) is 1.07. The van der Waals surface area contributed by atoms with E-state index in [1.54, 1.807) is 12.1 Å². The average Bonchev–Trinajstić information content (AvgIpc) is 3.21. The second-order valence-electron chi connectivity index (χ2n) is 8.91. The lowest BCUT2D eigenvalue weighted by Gasteiger charge is -2.33. The van der Waals surface area contributed by atoms with E-state index in [2.05, 4.69) is 63.2 Å². The maximum absolute atomic E-state index is 11.8. The molecule has 3 N–H and O–H groups in total. The first kappa shape index (κ1) is 21.8.